The second kappa shape index (κ2) is 8.21. The number of rotatable bonds is 6. The second-order valence-corrected chi connectivity index (χ2v) is 7.03. The topological polar surface area (TPSA) is 72.7 Å². The number of aromatic nitrogens is 2. The third kappa shape index (κ3) is 4.07. The fraction of sp³-hybridized carbons (Fsp3) is 0.125. The largest absolute Gasteiger partial charge is 0.484 e. The van der Waals surface area contributed by atoms with Crippen LogP contribution in [-0.2, 0) is 4.79 Å². The summed E-state index contributed by atoms with van der Waals surface area (Å²) in [6.07, 6.45) is 1.94. The summed E-state index contributed by atoms with van der Waals surface area (Å²) in [4.78, 5) is 28.7. The zero-order valence-corrected chi connectivity index (χ0v) is 16.8. The molecule has 0 aliphatic rings. The van der Waals surface area contributed by atoms with E-state index in [2.05, 4.69) is 5.32 Å². The first kappa shape index (κ1) is 19.4. The Kier molecular flexibility index (Phi) is 5.30. The molecule has 0 bridgehead atoms. The Labute approximate surface area is 174 Å². The van der Waals surface area contributed by atoms with Crippen LogP contribution < -0.4 is 10.1 Å². The number of nitrogens with zero attached hydrogens (tertiary/aromatic N) is 2. The van der Waals surface area contributed by atoms with E-state index in [1.54, 1.807) is 24.3 Å². The van der Waals surface area contributed by atoms with E-state index in [0.717, 1.165) is 16.8 Å². The normalized spacial score (nSPS) is 10.7. The molecule has 0 unspecified atom stereocenters. The number of nitrogens with one attached hydrogen (secondary N) is 1. The van der Waals surface area contributed by atoms with E-state index < -0.39 is 0 Å². The van der Waals surface area contributed by atoms with Gasteiger partial charge >= 0.3 is 0 Å². The van der Waals surface area contributed by atoms with Gasteiger partial charge < -0.3 is 10.1 Å². The van der Waals surface area contributed by atoms with E-state index >= 15 is 0 Å². The molecule has 0 atom stereocenters. The molecule has 0 aliphatic heterocycles. The van der Waals surface area contributed by atoms with Gasteiger partial charge in [-0.05, 0) is 49.7 Å². The standard InChI is InChI=1S/C24H21N3O3/c1-16-8-13-21-25-23(19-6-4-3-5-7-19)24(27(21)14-16)26-22(29)15-30-20-11-9-18(10-12-20)17(2)28/h3-14H,15H2,1-2H3,(H,26,29). The Balaban J connectivity index is 1.57. The number of benzene rings is 2. The van der Waals surface area contributed by atoms with E-state index in [0.29, 0.717) is 22.8 Å². The molecule has 0 fully saturated rings. The van der Waals surface area contributed by atoms with Crippen molar-refractivity contribution in [1.29, 1.82) is 0 Å². The molecule has 4 rings (SSSR count). The molecule has 0 saturated carbocycles. The van der Waals surface area contributed by atoms with Gasteiger partial charge in [-0.3, -0.25) is 14.0 Å². The van der Waals surface area contributed by atoms with Gasteiger partial charge in [-0.1, -0.05) is 36.4 Å². The lowest BCUT2D eigenvalue weighted by Gasteiger charge is -2.10. The van der Waals surface area contributed by atoms with Crippen molar-refractivity contribution < 1.29 is 14.3 Å². The fourth-order valence-electron chi connectivity index (χ4n) is 3.17. The van der Waals surface area contributed by atoms with E-state index in [4.69, 9.17) is 9.72 Å². The molecule has 1 amide bonds. The summed E-state index contributed by atoms with van der Waals surface area (Å²) in [7, 11) is 0. The first-order chi connectivity index (χ1) is 14.5. The number of carbonyl (C=O) groups excluding carboxylic acids is 2. The van der Waals surface area contributed by atoms with Crippen molar-refractivity contribution in [2.24, 2.45) is 0 Å². The van der Waals surface area contributed by atoms with Crippen LogP contribution in [0.1, 0.15) is 22.8 Å². The van der Waals surface area contributed by atoms with Crippen molar-refractivity contribution >= 4 is 23.2 Å². The molecule has 2 aromatic heterocycles. The van der Waals surface area contributed by atoms with Crippen molar-refractivity contribution in [2.75, 3.05) is 11.9 Å². The van der Waals surface area contributed by atoms with Gasteiger partial charge in [0.15, 0.2) is 12.4 Å². The Morgan fingerprint density at radius 2 is 1.73 bits per heavy atom. The molecule has 2 heterocycles. The number of hydrogen-bond donors (Lipinski definition) is 1. The zero-order chi connectivity index (χ0) is 21.1. The van der Waals surface area contributed by atoms with Crippen LogP contribution in [0.15, 0.2) is 72.9 Å². The summed E-state index contributed by atoms with van der Waals surface area (Å²) in [5.41, 5.74) is 4.00. The van der Waals surface area contributed by atoms with Crippen LogP contribution in [0.25, 0.3) is 16.9 Å². The van der Waals surface area contributed by atoms with E-state index in [9.17, 15) is 9.59 Å². The lowest BCUT2D eigenvalue weighted by molar-refractivity contribution is -0.118. The monoisotopic (exact) mass is 399 g/mol. The summed E-state index contributed by atoms with van der Waals surface area (Å²) in [6.45, 7) is 3.33. The third-order valence-electron chi connectivity index (χ3n) is 4.70. The summed E-state index contributed by atoms with van der Waals surface area (Å²) in [5.74, 6) is 0.801. The number of ketones is 1. The van der Waals surface area contributed by atoms with Gasteiger partial charge in [0.25, 0.3) is 5.91 Å². The van der Waals surface area contributed by atoms with Crippen LogP contribution in [-0.4, -0.2) is 27.7 Å². The predicted octanol–water partition coefficient (Wildman–Crippen LogP) is 4.53. The highest BCUT2D eigenvalue weighted by molar-refractivity contribution is 5.96. The van der Waals surface area contributed by atoms with Crippen LogP contribution in [0, 0.1) is 6.92 Å². The number of imidazole rings is 1. The summed E-state index contributed by atoms with van der Waals surface area (Å²) < 4.78 is 7.45. The number of Topliss-reactive ketones (excluding diaryl/α,β-unsaturated/α-hetero) is 1. The highest BCUT2D eigenvalue weighted by Gasteiger charge is 2.17. The SMILES string of the molecule is CC(=O)c1ccc(OCC(=O)Nc2c(-c3ccccc3)nc3ccc(C)cn23)cc1. The lowest BCUT2D eigenvalue weighted by atomic mass is 10.1. The van der Waals surface area contributed by atoms with Crippen LogP contribution >= 0.6 is 0 Å². The minimum atomic E-state index is -0.300. The molecular weight excluding hydrogens is 378 g/mol. The van der Waals surface area contributed by atoms with Crippen LogP contribution in [0.4, 0.5) is 5.82 Å². The van der Waals surface area contributed by atoms with Crippen molar-refractivity contribution in [2.45, 2.75) is 13.8 Å². The Hall–Kier alpha value is -3.93. The molecule has 0 saturated heterocycles. The van der Waals surface area contributed by atoms with Gasteiger partial charge in [-0.25, -0.2) is 4.98 Å². The number of aryl methyl sites for hydroxylation is 1. The minimum absolute atomic E-state index is 0.0179. The summed E-state index contributed by atoms with van der Waals surface area (Å²) >= 11 is 0. The maximum atomic E-state index is 12.6. The minimum Gasteiger partial charge on any atom is -0.484 e. The number of ether oxygens (including phenoxy) is 1. The number of anilines is 1. The van der Waals surface area contributed by atoms with E-state index in [1.165, 1.54) is 6.92 Å². The number of pyridine rings is 1. The molecule has 150 valence electrons. The second-order valence-electron chi connectivity index (χ2n) is 7.03. The number of carbonyl (C=O) groups is 2. The molecule has 4 aromatic rings. The molecular formula is C24H21N3O3. The van der Waals surface area contributed by atoms with Gasteiger partial charge in [0.05, 0.1) is 0 Å². The molecule has 0 spiro atoms. The molecule has 2 aromatic carbocycles. The average molecular weight is 399 g/mol. The van der Waals surface area contributed by atoms with E-state index in [-0.39, 0.29) is 18.3 Å². The third-order valence-corrected chi connectivity index (χ3v) is 4.70. The van der Waals surface area contributed by atoms with Crippen molar-refractivity contribution in [3.8, 4) is 17.0 Å². The first-order valence-corrected chi connectivity index (χ1v) is 9.59. The van der Waals surface area contributed by atoms with Crippen LogP contribution in [0.5, 0.6) is 5.75 Å². The molecule has 0 aliphatic carbocycles. The van der Waals surface area contributed by atoms with Crippen LogP contribution in [0.2, 0.25) is 0 Å². The van der Waals surface area contributed by atoms with Crippen LogP contribution in [0.3, 0.4) is 0 Å². The molecule has 0 radical (unpaired) electrons. The quantitative estimate of drug-likeness (QED) is 0.484. The molecule has 6 heteroatoms. The maximum absolute atomic E-state index is 12.6. The maximum Gasteiger partial charge on any atom is 0.263 e. The Bertz CT molecular complexity index is 1210. The number of hydrogen-bond acceptors (Lipinski definition) is 4. The number of fused-ring (bicyclic) bond motifs is 1. The van der Waals surface area contributed by atoms with Crippen molar-refractivity contribution in [3.63, 3.8) is 0 Å². The fourth-order valence-corrected chi connectivity index (χ4v) is 3.17. The smallest absolute Gasteiger partial charge is 0.263 e. The summed E-state index contributed by atoms with van der Waals surface area (Å²) in [6, 6.07) is 20.3. The molecule has 30 heavy (non-hydrogen) atoms. The first-order valence-electron chi connectivity index (χ1n) is 9.59. The van der Waals surface area contributed by atoms with Crippen molar-refractivity contribution in [1.82, 2.24) is 9.38 Å². The Morgan fingerprint density at radius 1 is 1.00 bits per heavy atom. The average Bonchev–Trinajstić information content (AvgIpc) is 3.10. The Morgan fingerprint density at radius 3 is 2.43 bits per heavy atom. The van der Waals surface area contributed by atoms with Gasteiger partial charge in [-0.2, -0.15) is 0 Å². The highest BCUT2D eigenvalue weighted by Crippen LogP contribution is 2.29. The van der Waals surface area contributed by atoms with Gasteiger partial charge in [0.2, 0.25) is 0 Å². The van der Waals surface area contributed by atoms with Gasteiger partial charge in [0, 0.05) is 17.3 Å². The summed E-state index contributed by atoms with van der Waals surface area (Å²) in [5, 5.41) is 2.94. The van der Waals surface area contributed by atoms with Gasteiger partial charge in [0.1, 0.15) is 22.9 Å². The van der Waals surface area contributed by atoms with Crippen molar-refractivity contribution in [3.05, 3.63) is 84.1 Å². The zero-order valence-electron chi connectivity index (χ0n) is 16.8. The number of amides is 1. The predicted molar refractivity (Wildman–Crippen MR) is 116 cm³/mol. The van der Waals surface area contributed by atoms with Gasteiger partial charge in [-0.15, -0.1) is 0 Å². The van der Waals surface area contributed by atoms with E-state index in [1.807, 2.05) is 60.0 Å². The molecule has 1 N–H and O–H groups in total. The lowest BCUT2D eigenvalue weighted by Crippen LogP contribution is -2.21. The molecule has 6 nitrogen and oxygen atoms in total. The highest BCUT2D eigenvalue weighted by atomic mass is 16.5.